The molecule has 0 aromatic heterocycles. The van der Waals surface area contributed by atoms with Crippen LogP contribution in [0.3, 0.4) is 0 Å². The first kappa shape index (κ1) is 12.3. The molecule has 3 nitrogen and oxygen atoms in total. The lowest BCUT2D eigenvalue weighted by molar-refractivity contribution is -0.115. The maximum Gasteiger partial charge on any atom is 0.148 e. The Kier molecular flexibility index (Phi) is 10.6. The second-order valence-corrected chi connectivity index (χ2v) is 2.33. The molecule has 0 saturated heterocycles. The lowest BCUT2D eigenvalue weighted by atomic mass is 10.1. The summed E-state index contributed by atoms with van der Waals surface area (Å²) in [4.78, 5) is 9.79. The van der Waals surface area contributed by atoms with Crippen LogP contribution in [0.2, 0.25) is 0 Å². The smallest absolute Gasteiger partial charge is 0.148 e. The van der Waals surface area contributed by atoms with Gasteiger partial charge >= 0.3 is 0 Å². The van der Waals surface area contributed by atoms with Gasteiger partial charge in [-0.2, -0.15) is 0 Å². The first-order valence-corrected chi connectivity index (χ1v) is 3.25. The fraction of sp³-hybridized carbons (Fsp3) is 0.857. The van der Waals surface area contributed by atoms with E-state index in [1.807, 2.05) is 13.8 Å². The molecule has 0 rings (SSSR count). The highest BCUT2D eigenvalue weighted by atomic mass is 16.3. The van der Waals surface area contributed by atoms with Gasteiger partial charge in [-0.25, -0.2) is 0 Å². The average Bonchev–Trinajstić information content (AvgIpc) is 1.91. The van der Waals surface area contributed by atoms with E-state index in [4.69, 9.17) is 10.2 Å². The molecule has 62 valence electrons. The Morgan fingerprint density at radius 1 is 1.40 bits per heavy atom. The lowest BCUT2D eigenvalue weighted by Gasteiger charge is -2.03. The second kappa shape index (κ2) is 8.59. The Bertz CT molecular complexity index is 71.3. The molecule has 0 aliphatic rings. The molecule has 0 aromatic carbocycles. The number of aldehydes is 1. The number of carbonyl (C=O) groups excluding carboxylic acids is 1. The predicted octanol–water partition coefficient (Wildman–Crippen LogP) is 0.201. The zero-order chi connectivity index (χ0) is 8.57. The van der Waals surface area contributed by atoms with Gasteiger partial charge in [-0.15, -0.1) is 0 Å². The van der Waals surface area contributed by atoms with Crippen LogP contribution in [0.4, 0.5) is 0 Å². The quantitative estimate of drug-likeness (QED) is 0.562. The van der Waals surface area contributed by atoms with Crippen LogP contribution in [0.25, 0.3) is 0 Å². The molecular weight excluding hydrogens is 132 g/mol. The molecular formula is C7H16O3. The summed E-state index contributed by atoms with van der Waals surface area (Å²) in [5.74, 6) is 0.398. The minimum absolute atomic E-state index is 0.398. The van der Waals surface area contributed by atoms with Crippen molar-refractivity contribution in [3.8, 4) is 0 Å². The molecule has 10 heavy (non-hydrogen) atoms. The van der Waals surface area contributed by atoms with Crippen LogP contribution in [-0.2, 0) is 4.79 Å². The Labute approximate surface area is 61.7 Å². The molecule has 0 aliphatic heterocycles. The highest BCUT2D eigenvalue weighted by molar-refractivity contribution is 5.55. The summed E-state index contributed by atoms with van der Waals surface area (Å²) in [6, 6.07) is 0. The van der Waals surface area contributed by atoms with Gasteiger partial charge in [-0.05, 0) is 12.3 Å². The first-order valence-electron chi connectivity index (χ1n) is 3.25. The zero-order valence-electron chi connectivity index (χ0n) is 6.74. The molecule has 0 radical (unpaired) electrons. The van der Waals surface area contributed by atoms with Crippen molar-refractivity contribution in [3.05, 3.63) is 0 Å². The standard InChI is InChI=1S/C6H12O2.CH4O/c1-5(2)3-6(8)4-7;1-2/h4-6,8H,3H2,1-2H3;2H,1H3/t6-;/m0./s1. The van der Waals surface area contributed by atoms with Crippen molar-refractivity contribution < 1.29 is 15.0 Å². The van der Waals surface area contributed by atoms with Gasteiger partial charge < -0.3 is 15.0 Å². The van der Waals surface area contributed by atoms with Gasteiger partial charge in [0.2, 0.25) is 0 Å². The summed E-state index contributed by atoms with van der Waals surface area (Å²) in [6.45, 7) is 3.93. The van der Waals surface area contributed by atoms with Crippen LogP contribution < -0.4 is 0 Å². The van der Waals surface area contributed by atoms with Gasteiger partial charge in [0.1, 0.15) is 12.4 Å². The maximum absolute atomic E-state index is 9.79. The zero-order valence-corrected chi connectivity index (χ0v) is 6.74. The summed E-state index contributed by atoms with van der Waals surface area (Å²) >= 11 is 0. The number of hydrogen-bond donors (Lipinski definition) is 2. The van der Waals surface area contributed by atoms with Crippen molar-refractivity contribution in [3.63, 3.8) is 0 Å². The molecule has 0 spiro atoms. The average molecular weight is 148 g/mol. The van der Waals surface area contributed by atoms with E-state index in [1.165, 1.54) is 0 Å². The Balaban J connectivity index is 0. The van der Waals surface area contributed by atoms with Crippen molar-refractivity contribution in [2.45, 2.75) is 26.4 Å². The normalized spacial score (nSPS) is 11.8. The number of aliphatic hydroxyl groups is 2. The van der Waals surface area contributed by atoms with Crippen molar-refractivity contribution in [1.82, 2.24) is 0 Å². The number of carbonyl (C=O) groups is 1. The molecule has 0 heterocycles. The van der Waals surface area contributed by atoms with Crippen molar-refractivity contribution in [2.24, 2.45) is 5.92 Å². The van der Waals surface area contributed by atoms with Gasteiger partial charge in [0, 0.05) is 7.11 Å². The van der Waals surface area contributed by atoms with Crippen molar-refractivity contribution in [2.75, 3.05) is 7.11 Å². The molecule has 1 atom stereocenters. The summed E-state index contributed by atoms with van der Waals surface area (Å²) < 4.78 is 0. The highest BCUT2D eigenvalue weighted by Crippen LogP contribution is 2.01. The lowest BCUT2D eigenvalue weighted by Crippen LogP contribution is -2.10. The van der Waals surface area contributed by atoms with E-state index in [-0.39, 0.29) is 0 Å². The van der Waals surface area contributed by atoms with E-state index in [2.05, 4.69) is 0 Å². The topological polar surface area (TPSA) is 57.5 Å². The third-order valence-electron chi connectivity index (χ3n) is 0.870. The Hall–Kier alpha value is -0.410. The van der Waals surface area contributed by atoms with Crippen LogP contribution in [-0.4, -0.2) is 29.7 Å². The monoisotopic (exact) mass is 148 g/mol. The van der Waals surface area contributed by atoms with Gasteiger partial charge in [-0.3, -0.25) is 0 Å². The summed E-state index contributed by atoms with van der Waals surface area (Å²) in [5.41, 5.74) is 0. The minimum atomic E-state index is -0.755. The van der Waals surface area contributed by atoms with Crippen LogP contribution in [0.5, 0.6) is 0 Å². The second-order valence-electron chi connectivity index (χ2n) is 2.33. The summed E-state index contributed by atoms with van der Waals surface area (Å²) in [7, 11) is 1.00. The molecule has 0 saturated carbocycles. The fourth-order valence-electron chi connectivity index (χ4n) is 0.539. The van der Waals surface area contributed by atoms with E-state index < -0.39 is 6.10 Å². The van der Waals surface area contributed by atoms with E-state index in [1.54, 1.807) is 0 Å². The molecule has 2 N–H and O–H groups in total. The summed E-state index contributed by atoms with van der Waals surface area (Å²) in [5, 5.41) is 15.7. The molecule has 0 aliphatic carbocycles. The number of rotatable bonds is 3. The molecule has 0 bridgehead atoms. The van der Waals surface area contributed by atoms with Crippen LogP contribution >= 0.6 is 0 Å². The van der Waals surface area contributed by atoms with Gasteiger partial charge in [0.05, 0.1) is 0 Å². The van der Waals surface area contributed by atoms with E-state index >= 15 is 0 Å². The first-order chi connectivity index (χ1) is 4.66. The Morgan fingerprint density at radius 3 is 1.90 bits per heavy atom. The van der Waals surface area contributed by atoms with Gasteiger partial charge in [0.15, 0.2) is 0 Å². The third kappa shape index (κ3) is 10.5. The third-order valence-corrected chi connectivity index (χ3v) is 0.870. The molecule has 3 heteroatoms. The fourth-order valence-corrected chi connectivity index (χ4v) is 0.539. The Morgan fingerprint density at radius 2 is 1.80 bits per heavy atom. The van der Waals surface area contributed by atoms with Crippen molar-refractivity contribution >= 4 is 6.29 Å². The van der Waals surface area contributed by atoms with E-state index in [0.717, 1.165) is 7.11 Å². The van der Waals surface area contributed by atoms with Crippen molar-refractivity contribution in [1.29, 1.82) is 0 Å². The van der Waals surface area contributed by atoms with Gasteiger partial charge in [0.25, 0.3) is 0 Å². The summed E-state index contributed by atoms with van der Waals surface area (Å²) in [6.07, 6.45) is 0.388. The van der Waals surface area contributed by atoms with Crippen LogP contribution in [0.15, 0.2) is 0 Å². The molecule has 0 unspecified atom stereocenters. The molecule has 0 aromatic rings. The van der Waals surface area contributed by atoms with E-state index in [0.29, 0.717) is 18.6 Å². The molecule has 0 amide bonds. The maximum atomic E-state index is 9.79. The minimum Gasteiger partial charge on any atom is -0.400 e. The van der Waals surface area contributed by atoms with Crippen LogP contribution in [0, 0.1) is 5.92 Å². The van der Waals surface area contributed by atoms with Crippen LogP contribution in [0.1, 0.15) is 20.3 Å². The number of aliphatic hydroxyl groups excluding tert-OH is 2. The largest absolute Gasteiger partial charge is 0.400 e. The SMILES string of the molecule is CC(C)C[C@H](O)C=O.CO. The number of hydrogen-bond acceptors (Lipinski definition) is 3. The predicted molar refractivity (Wildman–Crippen MR) is 39.7 cm³/mol. The molecule has 0 fully saturated rings. The highest BCUT2D eigenvalue weighted by Gasteiger charge is 2.02. The van der Waals surface area contributed by atoms with E-state index in [9.17, 15) is 4.79 Å². The van der Waals surface area contributed by atoms with Gasteiger partial charge in [-0.1, -0.05) is 13.8 Å².